The summed E-state index contributed by atoms with van der Waals surface area (Å²) in [5.74, 6) is -0.619. The van der Waals surface area contributed by atoms with E-state index in [0.29, 0.717) is 15.9 Å². The van der Waals surface area contributed by atoms with Gasteiger partial charge in [0.05, 0.1) is 11.8 Å². The summed E-state index contributed by atoms with van der Waals surface area (Å²) in [6, 6.07) is 11.8. The molecule has 0 atom stereocenters. The highest BCUT2D eigenvalue weighted by Crippen LogP contribution is 2.30. The van der Waals surface area contributed by atoms with E-state index in [1.807, 2.05) is 37.4 Å². The molecular weight excluding hydrogens is 389 g/mol. The van der Waals surface area contributed by atoms with Gasteiger partial charge in [-0.1, -0.05) is 18.2 Å². The fourth-order valence-electron chi connectivity index (χ4n) is 3.29. The van der Waals surface area contributed by atoms with Gasteiger partial charge in [-0.05, 0) is 54.8 Å². The van der Waals surface area contributed by atoms with Crippen LogP contribution in [0.1, 0.15) is 11.1 Å². The molecule has 0 spiro atoms. The van der Waals surface area contributed by atoms with Crippen molar-refractivity contribution in [2.75, 3.05) is 5.32 Å². The molecule has 1 N–H and O–H groups in total. The van der Waals surface area contributed by atoms with Gasteiger partial charge in [0, 0.05) is 16.6 Å². The Morgan fingerprint density at radius 2 is 1.83 bits per heavy atom. The first kappa shape index (κ1) is 19.0. The molecule has 0 saturated carbocycles. The van der Waals surface area contributed by atoms with E-state index in [4.69, 9.17) is 0 Å². The van der Waals surface area contributed by atoms with Crippen molar-refractivity contribution in [3.63, 3.8) is 0 Å². The first-order valence-corrected chi connectivity index (χ1v) is 9.89. The second kappa shape index (κ2) is 7.60. The minimum Gasteiger partial charge on any atom is -0.325 e. The Morgan fingerprint density at radius 3 is 2.52 bits per heavy atom. The summed E-state index contributed by atoms with van der Waals surface area (Å²) < 4.78 is 14.9. The highest BCUT2D eigenvalue weighted by atomic mass is 32.1. The molecule has 0 radical (unpaired) electrons. The minimum atomic E-state index is -0.321. The van der Waals surface area contributed by atoms with Gasteiger partial charge in [0.15, 0.2) is 0 Å². The lowest BCUT2D eigenvalue weighted by Crippen LogP contribution is -2.27. The standard InChI is InChI=1S/C22H18FN3O2S/c1-13-7-14(2)9-17(8-13)25-19(27)10-26-12-24-20-18(11-29-21(20)22(26)28)15-3-5-16(23)6-4-15/h3-9,11-12H,10H2,1-2H3,(H,25,27). The molecule has 1 amide bonds. The zero-order chi connectivity index (χ0) is 20.5. The van der Waals surface area contributed by atoms with Crippen LogP contribution in [0.25, 0.3) is 21.3 Å². The molecule has 4 aromatic rings. The van der Waals surface area contributed by atoms with Crippen molar-refractivity contribution < 1.29 is 9.18 Å². The van der Waals surface area contributed by atoms with E-state index in [1.165, 1.54) is 34.4 Å². The minimum absolute atomic E-state index is 0.126. The number of nitrogens with one attached hydrogen (secondary N) is 1. The molecule has 146 valence electrons. The van der Waals surface area contributed by atoms with Crippen LogP contribution in [0.5, 0.6) is 0 Å². The van der Waals surface area contributed by atoms with Gasteiger partial charge in [-0.3, -0.25) is 14.2 Å². The third-order valence-corrected chi connectivity index (χ3v) is 5.48. The van der Waals surface area contributed by atoms with Crippen LogP contribution in [0, 0.1) is 19.7 Å². The van der Waals surface area contributed by atoms with Crippen molar-refractivity contribution in [3.05, 3.63) is 81.5 Å². The highest BCUT2D eigenvalue weighted by molar-refractivity contribution is 7.17. The molecule has 4 rings (SSSR count). The van der Waals surface area contributed by atoms with Crippen LogP contribution in [0.4, 0.5) is 10.1 Å². The number of fused-ring (bicyclic) bond motifs is 1. The molecule has 29 heavy (non-hydrogen) atoms. The van der Waals surface area contributed by atoms with Crippen molar-refractivity contribution in [1.82, 2.24) is 9.55 Å². The van der Waals surface area contributed by atoms with Gasteiger partial charge in [-0.2, -0.15) is 0 Å². The molecule has 7 heteroatoms. The number of thiophene rings is 1. The first-order chi connectivity index (χ1) is 13.9. The number of nitrogens with zero attached hydrogens (tertiary/aromatic N) is 2. The van der Waals surface area contributed by atoms with Crippen molar-refractivity contribution in [2.45, 2.75) is 20.4 Å². The second-order valence-electron chi connectivity index (χ2n) is 6.94. The maximum atomic E-state index is 13.2. The lowest BCUT2D eigenvalue weighted by atomic mass is 10.1. The van der Waals surface area contributed by atoms with Crippen LogP contribution < -0.4 is 10.9 Å². The van der Waals surface area contributed by atoms with Crippen molar-refractivity contribution in [3.8, 4) is 11.1 Å². The number of benzene rings is 2. The third kappa shape index (κ3) is 3.95. The molecule has 2 aromatic carbocycles. The molecule has 2 heterocycles. The maximum Gasteiger partial charge on any atom is 0.271 e. The van der Waals surface area contributed by atoms with Gasteiger partial charge in [0.2, 0.25) is 5.91 Å². The second-order valence-corrected chi connectivity index (χ2v) is 7.82. The number of amides is 1. The van der Waals surface area contributed by atoms with Gasteiger partial charge in [0.1, 0.15) is 17.1 Å². The summed E-state index contributed by atoms with van der Waals surface area (Å²) >= 11 is 1.27. The Kier molecular flexibility index (Phi) is 4.98. The summed E-state index contributed by atoms with van der Waals surface area (Å²) in [4.78, 5) is 29.6. The molecule has 0 fully saturated rings. The van der Waals surface area contributed by atoms with Crippen LogP contribution >= 0.6 is 11.3 Å². The topological polar surface area (TPSA) is 64.0 Å². The number of carbonyl (C=O) groups is 1. The maximum absolute atomic E-state index is 13.2. The summed E-state index contributed by atoms with van der Waals surface area (Å²) in [5, 5.41) is 4.65. The highest BCUT2D eigenvalue weighted by Gasteiger charge is 2.14. The van der Waals surface area contributed by atoms with Gasteiger partial charge in [-0.25, -0.2) is 9.37 Å². The SMILES string of the molecule is Cc1cc(C)cc(NC(=O)Cn2cnc3c(-c4ccc(F)cc4)csc3c2=O)c1. The first-order valence-electron chi connectivity index (χ1n) is 9.01. The predicted octanol–water partition coefficient (Wildman–Crippen LogP) is 4.52. The van der Waals surface area contributed by atoms with Crippen LogP contribution in [-0.2, 0) is 11.3 Å². The van der Waals surface area contributed by atoms with E-state index < -0.39 is 0 Å². The van der Waals surface area contributed by atoms with Crippen LogP contribution in [-0.4, -0.2) is 15.5 Å². The molecule has 0 aliphatic carbocycles. The number of hydrogen-bond donors (Lipinski definition) is 1. The molecule has 0 aliphatic heterocycles. The number of aryl methyl sites for hydroxylation is 2. The van der Waals surface area contributed by atoms with Crippen LogP contribution in [0.15, 0.2) is 59.0 Å². The molecular formula is C22H18FN3O2S. The Bertz CT molecular complexity index is 1260. The largest absolute Gasteiger partial charge is 0.325 e. The van der Waals surface area contributed by atoms with Crippen LogP contribution in [0.3, 0.4) is 0 Å². The van der Waals surface area contributed by atoms with Crippen molar-refractivity contribution >= 4 is 33.1 Å². The number of carbonyl (C=O) groups excluding carboxylic acids is 1. The average Bonchev–Trinajstić information content (AvgIpc) is 3.08. The lowest BCUT2D eigenvalue weighted by molar-refractivity contribution is -0.116. The van der Waals surface area contributed by atoms with Crippen molar-refractivity contribution in [2.24, 2.45) is 0 Å². The third-order valence-electron chi connectivity index (χ3n) is 4.52. The van der Waals surface area contributed by atoms with E-state index in [0.717, 1.165) is 22.3 Å². The van der Waals surface area contributed by atoms with E-state index in [-0.39, 0.29) is 23.8 Å². The summed E-state index contributed by atoms with van der Waals surface area (Å²) in [7, 11) is 0. The summed E-state index contributed by atoms with van der Waals surface area (Å²) in [6.45, 7) is 3.79. The van der Waals surface area contributed by atoms with E-state index >= 15 is 0 Å². The lowest BCUT2D eigenvalue weighted by Gasteiger charge is -2.09. The monoisotopic (exact) mass is 407 g/mol. The summed E-state index contributed by atoms with van der Waals surface area (Å²) in [5.41, 5.74) is 4.63. The molecule has 2 aromatic heterocycles. The fraction of sp³-hybridized carbons (Fsp3) is 0.136. The van der Waals surface area contributed by atoms with E-state index in [2.05, 4.69) is 10.3 Å². The normalized spacial score (nSPS) is 11.0. The molecule has 0 unspecified atom stereocenters. The Morgan fingerprint density at radius 1 is 1.14 bits per heavy atom. The zero-order valence-electron chi connectivity index (χ0n) is 15.9. The summed E-state index contributed by atoms with van der Waals surface area (Å²) in [6.07, 6.45) is 1.38. The number of hydrogen-bond acceptors (Lipinski definition) is 4. The molecule has 5 nitrogen and oxygen atoms in total. The molecule has 0 bridgehead atoms. The predicted molar refractivity (Wildman–Crippen MR) is 114 cm³/mol. The van der Waals surface area contributed by atoms with Crippen molar-refractivity contribution in [1.29, 1.82) is 0 Å². The van der Waals surface area contributed by atoms with Crippen LogP contribution in [0.2, 0.25) is 0 Å². The van der Waals surface area contributed by atoms with E-state index in [1.54, 1.807) is 12.1 Å². The number of aromatic nitrogens is 2. The Hall–Kier alpha value is -3.32. The number of rotatable bonds is 4. The van der Waals surface area contributed by atoms with Gasteiger partial charge >= 0.3 is 0 Å². The van der Waals surface area contributed by atoms with Gasteiger partial charge < -0.3 is 5.32 Å². The number of halogens is 1. The Balaban J connectivity index is 1.60. The fourth-order valence-corrected chi connectivity index (χ4v) is 4.27. The van der Waals surface area contributed by atoms with Gasteiger partial charge in [0.25, 0.3) is 5.56 Å². The molecule has 0 aliphatic rings. The zero-order valence-corrected chi connectivity index (χ0v) is 16.7. The van der Waals surface area contributed by atoms with E-state index in [9.17, 15) is 14.0 Å². The average molecular weight is 407 g/mol. The molecule has 0 saturated heterocycles. The smallest absolute Gasteiger partial charge is 0.271 e. The number of anilines is 1. The van der Waals surface area contributed by atoms with Gasteiger partial charge in [-0.15, -0.1) is 11.3 Å². The Labute approximate surface area is 170 Å². The quantitative estimate of drug-likeness (QED) is 0.541.